The fraction of sp³-hybridized carbons (Fsp3) is 0.238. The summed E-state index contributed by atoms with van der Waals surface area (Å²) in [5.41, 5.74) is 3.42. The van der Waals surface area contributed by atoms with Crippen LogP contribution in [0.3, 0.4) is 0 Å². The van der Waals surface area contributed by atoms with Crippen molar-refractivity contribution in [3.63, 3.8) is 0 Å². The lowest BCUT2D eigenvalue weighted by molar-refractivity contribution is -0.157. The Hall–Kier alpha value is -3.48. The molecule has 0 unspecified atom stereocenters. The zero-order valence-electron chi connectivity index (χ0n) is 15.2. The van der Waals surface area contributed by atoms with Gasteiger partial charge in [-0.05, 0) is 29.3 Å². The number of nitrogens with zero attached hydrogens (tertiary/aromatic N) is 2. The van der Waals surface area contributed by atoms with Crippen LogP contribution in [0.15, 0.2) is 42.5 Å². The monoisotopic (exact) mass is 377 g/mol. The molecule has 0 aliphatic carbocycles. The third-order valence-corrected chi connectivity index (χ3v) is 5.77. The summed E-state index contributed by atoms with van der Waals surface area (Å²) >= 11 is 0. The van der Waals surface area contributed by atoms with Gasteiger partial charge >= 0.3 is 0 Å². The quantitative estimate of drug-likeness (QED) is 0.564. The van der Waals surface area contributed by atoms with Crippen molar-refractivity contribution >= 4 is 22.7 Å². The maximum atomic E-state index is 13.0. The number of fused-ring (bicyclic) bond motifs is 4. The van der Waals surface area contributed by atoms with E-state index in [9.17, 15) is 19.8 Å². The summed E-state index contributed by atoms with van der Waals surface area (Å²) in [7, 11) is 1.64. The summed E-state index contributed by atoms with van der Waals surface area (Å²) < 4.78 is 0. The molecular formula is C21H19N3O4. The van der Waals surface area contributed by atoms with Gasteiger partial charge in [-0.3, -0.25) is 9.59 Å². The smallest absolute Gasteiger partial charge is 0.245 e. The number of H-pyrrole nitrogens is 1. The Morgan fingerprint density at radius 1 is 1.07 bits per heavy atom. The molecule has 2 aromatic carbocycles. The molecular weight excluding hydrogens is 358 g/mol. The third kappa shape index (κ3) is 2.22. The van der Waals surface area contributed by atoms with Crippen LogP contribution in [0.5, 0.6) is 11.5 Å². The summed E-state index contributed by atoms with van der Waals surface area (Å²) in [4.78, 5) is 32.4. The molecule has 2 amide bonds. The lowest BCUT2D eigenvalue weighted by Gasteiger charge is -2.46. The molecule has 3 heterocycles. The van der Waals surface area contributed by atoms with Gasteiger partial charge in [0.1, 0.15) is 6.04 Å². The average molecular weight is 377 g/mol. The van der Waals surface area contributed by atoms with Crippen molar-refractivity contribution in [3.05, 3.63) is 59.3 Å². The molecule has 1 fully saturated rings. The first-order valence-electron chi connectivity index (χ1n) is 9.13. The number of piperazine rings is 1. The number of hydrogen-bond donors (Lipinski definition) is 3. The van der Waals surface area contributed by atoms with Crippen LogP contribution in [0.4, 0.5) is 0 Å². The fourth-order valence-electron chi connectivity index (χ4n) is 4.46. The molecule has 5 rings (SSSR count). The van der Waals surface area contributed by atoms with Crippen LogP contribution in [-0.4, -0.2) is 56.4 Å². The van der Waals surface area contributed by atoms with Crippen LogP contribution in [0.1, 0.15) is 22.9 Å². The summed E-state index contributed by atoms with van der Waals surface area (Å²) in [5.74, 6) is -0.726. The number of aromatic nitrogens is 1. The molecule has 0 bridgehead atoms. The molecule has 0 saturated carbocycles. The average Bonchev–Trinajstić information content (AvgIpc) is 3.05. The van der Waals surface area contributed by atoms with Crippen LogP contribution in [0.25, 0.3) is 10.9 Å². The number of nitrogens with one attached hydrogen (secondary N) is 1. The first kappa shape index (κ1) is 16.7. The number of benzene rings is 2. The molecule has 3 N–H and O–H groups in total. The molecule has 1 saturated heterocycles. The molecule has 0 radical (unpaired) electrons. The van der Waals surface area contributed by atoms with Crippen molar-refractivity contribution in [2.75, 3.05) is 13.6 Å². The minimum atomic E-state index is -0.598. The van der Waals surface area contributed by atoms with Gasteiger partial charge in [-0.1, -0.05) is 24.3 Å². The SMILES string of the molecule is CN1CC(=O)N2[C@@H](c3ccc(O)c(O)c3)c3[nH]c4ccccc4c3C[C@@H]2C1=O. The Morgan fingerprint density at radius 2 is 1.86 bits per heavy atom. The number of hydrogen-bond acceptors (Lipinski definition) is 4. The van der Waals surface area contributed by atoms with Crippen molar-refractivity contribution in [1.29, 1.82) is 0 Å². The molecule has 2 aliphatic heterocycles. The second kappa shape index (κ2) is 5.76. The van der Waals surface area contributed by atoms with Gasteiger partial charge < -0.3 is 25.0 Å². The van der Waals surface area contributed by atoms with Gasteiger partial charge in [-0.2, -0.15) is 0 Å². The van der Waals surface area contributed by atoms with Crippen LogP contribution < -0.4 is 0 Å². The van der Waals surface area contributed by atoms with Crippen molar-refractivity contribution in [3.8, 4) is 11.5 Å². The molecule has 0 spiro atoms. The number of aromatic hydroxyl groups is 2. The Balaban J connectivity index is 1.77. The summed E-state index contributed by atoms with van der Waals surface area (Å²) in [6.07, 6.45) is 0.439. The van der Waals surface area contributed by atoms with Gasteiger partial charge in [-0.15, -0.1) is 0 Å². The molecule has 1 aromatic heterocycles. The number of carbonyl (C=O) groups is 2. The molecule has 28 heavy (non-hydrogen) atoms. The molecule has 7 heteroatoms. The summed E-state index contributed by atoms with van der Waals surface area (Å²) in [6.45, 7) is 0.0193. The van der Waals surface area contributed by atoms with Gasteiger partial charge in [0.2, 0.25) is 11.8 Å². The van der Waals surface area contributed by atoms with Crippen LogP contribution in [0.2, 0.25) is 0 Å². The molecule has 3 aromatic rings. The second-order valence-corrected chi connectivity index (χ2v) is 7.43. The predicted molar refractivity (Wildman–Crippen MR) is 102 cm³/mol. The van der Waals surface area contributed by atoms with Gasteiger partial charge in [0.25, 0.3) is 0 Å². The van der Waals surface area contributed by atoms with Crippen molar-refractivity contribution in [1.82, 2.24) is 14.8 Å². The number of amides is 2. The largest absolute Gasteiger partial charge is 0.504 e. The highest BCUT2D eigenvalue weighted by Gasteiger charge is 2.47. The standard InChI is InChI=1S/C21H19N3O4/c1-23-10-18(27)24-15(21(23)28)9-13-12-4-2-3-5-14(12)22-19(13)20(24)11-6-7-16(25)17(26)8-11/h2-8,15,20,22,25-26H,9-10H2,1H3/t15-,20+/m1/s1. The number of carbonyl (C=O) groups excluding carboxylic acids is 2. The first-order valence-corrected chi connectivity index (χ1v) is 9.13. The number of aromatic amines is 1. The van der Waals surface area contributed by atoms with E-state index in [1.54, 1.807) is 18.0 Å². The van der Waals surface area contributed by atoms with E-state index in [0.717, 1.165) is 22.2 Å². The number of phenols is 2. The maximum absolute atomic E-state index is 13.0. The van der Waals surface area contributed by atoms with Gasteiger partial charge in [0.05, 0.1) is 12.6 Å². The highest BCUT2D eigenvalue weighted by Crippen LogP contribution is 2.43. The topological polar surface area (TPSA) is 96.9 Å². The highest BCUT2D eigenvalue weighted by atomic mass is 16.3. The van der Waals surface area contributed by atoms with Crippen LogP contribution in [0, 0.1) is 0 Å². The van der Waals surface area contributed by atoms with Crippen molar-refractivity contribution < 1.29 is 19.8 Å². The van der Waals surface area contributed by atoms with E-state index in [1.807, 2.05) is 24.3 Å². The van der Waals surface area contributed by atoms with E-state index in [-0.39, 0.29) is 29.9 Å². The Labute approximate surface area is 160 Å². The number of rotatable bonds is 1. The number of likely N-dealkylation sites (N-methyl/N-ethyl adjacent to an activating group) is 1. The van der Waals surface area contributed by atoms with Gasteiger partial charge in [0.15, 0.2) is 11.5 Å². The predicted octanol–water partition coefficient (Wildman–Crippen LogP) is 1.89. The van der Waals surface area contributed by atoms with Crippen LogP contribution in [-0.2, 0) is 16.0 Å². The highest BCUT2D eigenvalue weighted by molar-refractivity contribution is 5.97. The Morgan fingerprint density at radius 3 is 2.64 bits per heavy atom. The van der Waals surface area contributed by atoms with E-state index >= 15 is 0 Å². The number of phenolic OH excluding ortho intramolecular Hbond substituents is 2. The van der Waals surface area contributed by atoms with E-state index in [4.69, 9.17) is 0 Å². The molecule has 142 valence electrons. The van der Waals surface area contributed by atoms with E-state index in [1.165, 1.54) is 17.0 Å². The molecule has 7 nitrogen and oxygen atoms in total. The lowest BCUT2D eigenvalue weighted by Crippen LogP contribution is -2.62. The Bertz CT molecular complexity index is 1140. The maximum Gasteiger partial charge on any atom is 0.245 e. The zero-order chi connectivity index (χ0) is 19.6. The van der Waals surface area contributed by atoms with E-state index < -0.39 is 12.1 Å². The fourth-order valence-corrected chi connectivity index (χ4v) is 4.46. The molecule has 2 aliphatic rings. The van der Waals surface area contributed by atoms with Crippen molar-refractivity contribution in [2.24, 2.45) is 0 Å². The molecule has 2 atom stereocenters. The second-order valence-electron chi connectivity index (χ2n) is 7.43. The third-order valence-electron chi connectivity index (χ3n) is 5.77. The minimum absolute atomic E-state index is 0.0193. The lowest BCUT2D eigenvalue weighted by atomic mass is 9.86. The van der Waals surface area contributed by atoms with Gasteiger partial charge in [0, 0.05) is 30.1 Å². The van der Waals surface area contributed by atoms with Crippen LogP contribution >= 0.6 is 0 Å². The summed E-state index contributed by atoms with van der Waals surface area (Å²) in [6, 6.07) is 11.2. The van der Waals surface area contributed by atoms with E-state index in [2.05, 4.69) is 4.98 Å². The van der Waals surface area contributed by atoms with Crippen molar-refractivity contribution in [2.45, 2.75) is 18.5 Å². The normalized spacial score (nSPS) is 21.8. The first-order chi connectivity index (χ1) is 13.5. The zero-order valence-corrected chi connectivity index (χ0v) is 15.2. The summed E-state index contributed by atoms with van der Waals surface area (Å²) in [5, 5.41) is 20.8. The minimum Gasteiger partial charge on any atom is -0.504 e. The van der Waals surface area contributed by atoms with Gasteiger partial charge in [-0.25, -0.2) is 0 Å². The Kier molecular flexibility index (Phi) is 3.43. The number of para-hydroxylation sites is 1. The van der Waals surface area contributed by atoms with E-state index in [0.29, 0.717) is 12.0 Å².